The smallest absolute Gasteiger partial charge is 0.322 e. The predicted molar refractivity (Wildman–Crippen MR) is 95.8 cm³/mol. The van der Waals surface area contributed by atoms with Crippen molar-refractivity contribution in [2.75, 3.05) is 10.2 Å². The second-order valence-corrected chi connectivity index (χ2v) is 6.16. The first-order valence-corrected chi connectivity index (χ1v) is 8.48. The molecule has 1 fully saturated rings. The van der Waals surface area contributed by atoms with E-state index in [0.717, 1.165) is 17.0 Å². The molecule has 0 spiro atoms. The van der Waals surface area contributed by atoms with Crippen molar-refractivity contribution in [2.45, 2.75) is 12.8 Å². The van der Waals surface area contributed by atoms with Crippen molar-refractivity contribution in [3.05, 3.63) is 59.7 Å². The third kappa shape index (κ3) is 3.59. The Bertz CT molecular complexity index is 1130. The third-order valence-electron chi connectivity index (χ3n) is 4.23. The molecule has 1 aromatic heterocycles. The van der Waals surface area contributed by atoms with E-state index in [1.807, 2.05) is 0 Å². The van der Waals surface area contributed by atoms with Gasteiger partial charge in [0.15, 0.2) is 0 Å². The average molecular weight is 398 g/mol. The zero-order valence-electron chi connectivity index (χ0n) is 14.7. The molecule has 1 N–H and O–H groups in total. The van der Waals surface area contributed by atoms with Gasteiger partial charge in [0.25, 0.3) is 11.8 Å². The molecule has 4 rings (SSSR count). The summed E-state index contributed by atoms with van der Waals surface area (Å²) in [5.74, 6) is -3.19. The molecule has 0 bridgehead atoms. The highest BCUT2D eigenvalue weighted by atomic mass is 19.1. The van der Waals surface area contributed by atoms with Gasteiger partial charge in [0.05, 0.1) is 11.3 Å². The Morgan fingerprint density at radius 3 is 2.52 bits per heavy atom. The van der Waals surface area contributed by atoms with E-state index in [2.05, 4.69) is 15.5 Å². The predicted octanol–water partition coefficient (Wildman–Crippen LogP) is 2.92. The topological polar surface area (TPSA) is 105 Å². The zero-order chi connectivity index (χ0) is 20.5. The highest BCUT2D eigenvalue weighted by Crippen LogP contribution is 2.25. The van der Waals surface area contributed by atoms with Crippen LogP contribution in [0.1, 0.15) is 23.2 Å². The molecule has 0 unspecified atom stereocenters. The summed E-state index contributed by atoms with van der Waals surface area (Å²) < 4.78 is 32.0. The number of hydrogen-bond donors (Lipinski definition) is 1. The first-order valence-electron chi connectivity index (χ1n) is 8.48. The number of carbonyl (C=O) groups is 3. The Morgan fingerprint density at radius 1 is 1.03 bits per heavy atom. The van der Waals surface area contributed by atoms with Crippen molar-refractivity contribution < 1.29 is 27.6 Å². The molecule has 29 heavy (non-hydrogen) atoms. The number of nitrogens with zero attached hydrogens (tertiary/aromatic N) is 3. The molecule has 3 aromatic rings. The van der Waals surface area contributed by atoms with E-state index in [1.165, 1.54) is 18.2 Å². The minimum Gasteiger partial charge on any atom is -0.403 e. The number of amides is 3. The van der Waals surface area contributed by atoms with Crippen LogP contribution in [0.15, 0.2) is 46.9 Å². The van der Waals surface area contributed by atoms with Gasteiger partial charge in [-0.25, -0.2) is 8.78 Å². The summed E-state index contributed by atoms with van der Waals surface area (Å²) in [6.07, 6.45) is 0.250. The van der Waals surface area contributed by atoms with E-state index in [-0.39, 0.29) is 53.4 Å². The van der Waals surface area contributed by atoms with Gasteiger partial charge in [-0.1, -0.05) is 11.2 Å². The van der Waals surface area contributed by atoms with Gasteiger partial charge >= 0.3 is 6.01 Å². The van der Waals surface area contributed by atoms with Crippen LogP contribution in [0.2, 0.25) is 0 Å². The molecule has 2 aromatic carbocycles. The number of nitrogens with one attached hydrogen (secondary N) is 1. The zero-order valence-corrected chi connectivity index (χ0v) is 14.7. The van der Waals surface area contributed by atoms with Crippen molar-refractivity contribution in [1.29, 1.82) is 0 Å². The molecular weight excluding hydrogens is 386 g/mol. The second kappa shape index (κ2) is 7.23. The number of benzene rings is 2. The highest BCUT2D eigenvalue weighted by Gasteiger charge is 2.30. The van der Waals surface area contributed by atoms with Crippen LogP contribution in [0.4, 0.5) is 20.5 Å². The maximum Gasteiger partial charge on any atom is 0.322 e. The fraction of sp³-hybridized carbons (Fsp3) is 0.105. The van der Waals surface area contributed by atoms with Gasteiger partial charge in [0.1, 0.15) is 11.6 Å². The summed E-state index contributed by atoms with van der Waals surface area (Å²) in [5.41, 5.74) is 0.305. The van der Waals surface area contributed by atoms with E-state index in [9.17, 15) is 23.2 Å². The van der Waals surface area contributed by atoms with Crippen LogP contribution in [0, 0.1) is 11.6 Å². The molecule has 0 atom stereocenters. The van der Waals surface area contributed by atoms with Crippen molar-refractivity contribution in [2.24, 2.45) is 0 Å². The number of anilines is 2. The van der Waals surface area contributed by atoms with Crippen molar-refractivity contribution >= 4 is 29.4 Å². The van der Waals surface area contributed by atoms with Crippen LogP contribution in [-0.4, -0.2) is 27.9 Å². The van der Waals surface area contributed by atoms with E-state index in [4.69, 9.17) is 4.42 Å². The van der Waals surface area contributed by atoms with Crippen LogP contribution in [0.5, 0.6) is 0 Å². The number of carbonyl (C=O) groups excluding carboxylic acids is 3. The Labute approximate surface area is 162 Å². The van der Waals surface area contributed by atoms with Gasteiger partial charge in [-0.2, -0.15) is 0 Å². The van der Waals surface area contributed by atoms with Gasteiger partial charge in [-0.05, 0) is 30.3 Å². The van der Waals surface area contributed by atoms with E-state index < -0.39 is 17.5 Å². The normalized spacial score (nSPS) is 13.8. The lowest BCUT2D eigenvalue weighted by Gasteiger charge is -2.14. The summed E-state index contributed by atoms with van der Waals surface area (Å²) in [6, 6.07) is 8.46. The lowest BCUT2D eigenvalue weighted by Crippen LogP contribution is -2.28. The Hall–Kier alpha value is -3.95. The molecule has 146 valence electrons. The molecule has 0 radical (unpaired) electrons. The van der Waals surface area contributed by atoms with Crippen LogP contribution in [0.3, 0.4) is 0 Å². The monoisotopic (exact) mass is 398 g/mol. The molecule has 1 aliphatic heterocycles. The fourth-order valence-corrected chi connectivity index (χ4v) is 2.87. The van der Waals surface area contributed by atoms with Gasteiger partial charge in [0, 0.05) is 24.5 Å². The molecule has 2 heterocycles. The fourth-order valence-electron chi connectivity index (χ4n) is 2.87. The molecule has 3 amide bonds. The molecule has 1 aliphatic rings. The molecule has 0 saturated carbocycles. The van der Waals surface area contributed by atoms with Gasteiger partial charge < -0.3 is 4.42 Å². The minimum atomic E-state index is -0.890. The lowest BCUT2D eigenvalue weighted by molar-refractivity contribution is -0.121. The number of imide groups is 1. The summed E-state index contributed by atoms with van der Waals surface area (Å²) in [7, 11) is 0. The van der Waals surface area contributed by atoms with Crippen LogP contribution >= 0.6 is 0 Å². The summed E-state index contributed by atoms with van der Waals surface area (Å²) in [6.45, 7) is 0. The molecular formula is C19H12F2N4O4. The van der Waals surface area contributed by atoms with Crippen LogP contribution in [0.25, 0.3) is 11.5 Å². The quantitative estimate of drug-likeness (QED) is 0.678. The Morgan fingerprint density at radius 2 is 1.79 bits per heavy atom. The maximum absolute atomic E-state index is 13.8. The highest BCUT2D eigenvalue weighted by molar-refractivity contribution is 6.20. The van der Waals surface area contributed by atoms with Gasteiger partial charge in [0.2, 0.25) is 11.8 Å². The van der Waals surface area contributed by atoms with Crippen LogP contribution < -0.4 is 10.2 Å². The summed E-state index contributed by atoms with van der Waals surface area (Å²) in [5, 5.41) is 9.61. The standard InChI is InChI=1S/C19H12F2N4O4/c20-11-4-5-13(14(21)9-11)18-23-24-19(29-18)22-17(28)10-2-1-3-12(8-10)25-15(26)6-7-16(25)27/h1-5,8-9H,6-7H2,(H,22,24,28). The number of rotatable bonds is 4. The minimum absolute atomic E-state index is 0.118. The first kappa shape index (κ1) is 18.4. The number of aromatic nitrogens is 2. The lowest BCUT2D eigenvalue weighted by atomic mass is 10.2. The van der Waals surface area contributed by atoms with Crippen molar-refractivity contribution in [3.63, 3.8) is 0 Å². The second-order valence-electron chi connectivity index (χ2n) is 6.16. The SMILES string of the molecule is O=C(Nc1nnc(-c2ccc(F)cc2F)o1)c1cccc(N2C(=O)CCC2=O)c1. The van der Waals surface area contributed by atoms with E-state index in [1.54, 1.807) is 6.07 Å². The third-order valence-corrected chi connectivity index (χ3v) is 4.23. The molecule has 0 aliphatic carbocycles. The molecule has 8 nitrogen and oxygen atoms in total. The molecule has 1 saturated heterocycles. The largest absolute Gasteiger partial charge is 0.403 e. The summed E-state index contributed by atoms with van der Waals surface area (Å²) >= 11 is 0. The van der Waals surface area contributed by atoms with Crippen molar-refractivity contribution in [3.8, 4) is 11.5 Å². The number of halogens is 2. The Balaban J connectivity index is 1.53. The van der Waals surface area contributed by atoms with Crippen LogP contribution in [-0.2, 0) is 9.59 Å². The van der Waals surface area contributed by atoms with Crippen molar-refractivity contribution in [1.82, 2.24) is 10.2 Å². The average Bonchev–Trinajstić information content (AvgIpc) is 3.28. The van der Waals surface area contributed by atoms with Gasteiger partial charge in [-0.15, -0.1) is 5.10 Å². The summed E-state index contributed by atoms with van der Waals surface area (Å²) in [4.78, 5) is 37.2. The number of hydrogen-bond acceptors (Lipinski definition) is 6. The maximum atomic E-state index is 13.8. The van der Waals surface area contributed by atoms with E-state index >= 15 is 0 Å². The van der Waals surface area contributed by atoms with Gasteiger partial charge in [-0.3, -0.25) is 24.6 Å². The molecule has 10 heteroatoms. The first-order chi connectivity index (χ1) is 13.9. The Kier molecular flexibility index (Phi) is 4.59. The van der Waals surface area contributed by atoms with E-state index in [0.29, 0.717) is 6.07 Å².